The first kappa shape index (κ1) is 11.5. The van der Waals surface area contributed by atoms with Gasteiger partial charge in [-0.25, -0.2) is 0 Å². The Morgan fingerprint density at radius 3 is 2.07 bits per heavy atom. The zero-order chi connectivity index (χ0) is 10.9. The van der Waals surface area contributed by atoms with E-state index in [0.717, 1.165) is 0 Å². The highest BCUT2D eigenvalue weighted by Crippen LogP contribution is 2.26. The van der Waals surface area contributed by atoms with Crippen LogP contribution in [0.4, 0.5) is 0 Å². The average Bonchev–Trinajstić information content (AvgIpc) is 2.35. The highest BCUT2D eigenvalue weighted by atomic mass is 35.5. The fourth-order valence-electron chi connectivity index (χ4n) is 1.57. The maximum Gasteiger partial charge on any atom is 0.232 e. The Kier molecular flexibility index (Phi) is 3.53. The summed E-state index contributed by atoms with van der Waals surface area (Å²) in [5.41, 5.74) is 0. The van der Waals surface area contributed by atoms with Crippen LogP contribution in [-0.2, 0) is 9.59 Å². The number of hydrogen-bond donors (Lipinski definition) is 0. The molecule has 0 spiro atoms. The molecule has 14 heavy (non-hydrogen) atoms. The van der Waals surface area contributed by atoms with Gasteiger partial charge in [0.05, 0.1) is 0 Å². The Morgan fingerprint density at radius 1 is 1.29 bits per heavy atom. The molecule has 3 unspecified atom stereocenters. The average molecular weight is 218 g/mol. The van der Waals surface area contributed by atoms with Crippen LogP contribution < -0.4 is 0 Å². The van der Waals surface area contributed by atoms with Gasteiger partial charge in [-0.1, -0.05) is 20.8 Å². The largest absolute Gasteiger partial charge is 0.282 e. The second kappa shape index (κ2) is 4.30. The third-order valence-corrected chi connectivity index (χ3v) is 3.35. The lowest BCUT2D eigenvalue weighted by Gasteiger charge is -2.17. The summed E-state index contributed by atoms with van der Waals surface area (Å²) in [5.74, 6) is 0.177. The van der Waals surface area contributed by atoms with Gasteiger partial charge in [-0.15, -0.1) is 11.6 Å². The monoisotopic (exact) mass is 217 g/mol. The van der Waals surface area contributed by atoms with Gasteiger partial charge in [-0.2, -0.15) is 0 Å². The van der Waals surface area contributed by atoms with E-state index in [0.29, 0.717) is 12.4 Å². The summed E-state index contributed by atoms with van der Waals surface area (Å²) >= 11 is 5.65. The Labute approximate surface area is 89.4 Å². The van der Waals surface area contributed by atoms with Gasteiger partial charge in [0.2, 0.25) is 11.8 Å². The van der Waals surface area contributed by atoms with Gasteiger partial charge < -0.3 is 0 Å². The lowest BCUT2D eigenvalue weighted by Crippen LogP contribution is -2.35. The van der Waals surface area contributed by atoms with Gasteiger partial charge in [0.1, 0.15) is 0 Å². The molecule has 1 fully saturated rings. The van der Waals surface area contributed by atoms with Gasteiger partial charge >= 0.3 is 0 Å². The molecular formula is C10H16ClNO2. The molecule has 1 saturated heterocycles. The standard InChI is InChI=1S/C10H16ClNO2/c1-6(4-11)5-12-9(13)7(2)8(3)10(12)14/h6-8H,4-5H2,1-3H3. The molecule has 4 heteroatoms. The number of carbonyl (C=O) groups is 2. The Morgan fingerprint density at radius 2 is 1.71 bits per heavy atom. The van der Waals surface area contributed by atoms with Crippen molar-refractivity contribution in [2.45, 2.75) is 20.8 Å². The molecule has 0 aromatic heterocycles. The van der Waals surface area contributed by atoms with E-state index < -0.39 is 0 Å². The van der Waals surface area contributed by atoms with Crippen molar-refractivity contribution < 1.29 is 9.59 Å². The van der Waals surface area contributed by atoms with Crippen LogP contribution in [0.25, 0.3) is 0 Å². The molecular weight excluding hydrogens is 202 g/mol. The normalized spacial score (nSPS) is 29.9. The van der Waals surface area contributed by atoms with E-state index in [2.05, 4.69) is 0 Å². The molecule has 3 atom stereocenters. The highest BCUT2D eigenvalue weighted by Gasteiger charge is 2.42. The first-order valence-corrected chi connectivity index (χ1v) is 5.43. The summed E-state index contributed by atoms with van der Waals surface area (Å²) < 4.78 is 0. The molecule has 2 amide bonds. The molecule has 0 bridgehead atoms. The van der Waals surface area contributed by atoms with Crippen LogP contribution >= 0.6 is 11.6 Å². The van der Waals surface area contributed by atoms with Crippen molar-refractivity contribution in [3.05, 3.63) is 0 Å². The summed E-state index contributed by atoms with van der Waals surface area (Å²) in [4.78, 5) is 24.6. The number of hydrogen-bond acceptors (Lipinski definition) is 2. The number of rotatable bonds is 3. The van der Waals surface area contributed by atoms with Gasteiger partial charge in [0.15, 0.2) is 0 Å². The van der Waals surface area contributed by atoms with Gasteiger partial charge in [0.25, 0.3) is 0 Å². The van der Waals surface area contributed by atoms with Crippen LogP contribution in [0.2, 0.25) is 0 Å². The zero-order valence-corrected chi connectivity index (χ0v) is 9.54. The number of likely N-dealkylation sites (tertiary alicyclic amines) is 1. The summed E-state index contributed by atoms with van der Waals surface area (Å²) in [6, 6.07) is 0. The maximum absolute atomic E-state index is 11.6. The second-order valence-electron chi connectivity index (χ2n) is 4.12. The maximum atomic E-state index is 11.6. The van der Waals surface area contributed by atoms with Crippen molar-refractivity contribution in [1.82, 2.24) is 4.90 Å². The Hall–Kier alpha value is -0.570. The topological polar surface area (TPSA) is 37.4 Å². The molecule has 0 aromatic carbocycles. The van der Waals surface area contributed by atoms with Crippen LogP contribution in [0.15, 0.2) is 0 Å². The third kappa shape index (κ3) is 1.92. The van der Waals surface area contributed by atoms with Crippen LogP contribution in [-0.4, -0.2) is 29.1 Å². The number of nitrogens with zero attached hydrogens (tertiary/aromatic N) is 1. The number of amides is 2. The summed E-state index contributed by atoms with van der Waals surface area (Å²) in [6.07, 6.45) is 0. The minimum atomic E-state index is -0.176. The SMILES string of the molecule is CC(CCl)CN1C(=O)C(C)C(C)C1=O. The Balaban J connectivity index is 2.70. The first-order valence-electron chi connectivity index (χ1n) is 4.90. The van der Waals surface area contributed by atoms with E-state index in [1.807, 2.05) is 6.92 Å². The van der Waals surface area contributed by atoms with Crippen LogP contribution in [0, 0.1) is 17.8 Å². The number of alkyl halides is 1. The summed E-state index contributed by atoms with van der Waals surface area (Å²) in [7, 11) is 0. The second-order valence-corrected chi connectivity index (χ2v) is 4.43. The number of imide groups is 1. The molecule has 0 aliphatic carbocycles. The van der Waals surface area contributed by atoms with Crippen molar-refractivity contribution in [3.8, 4) is 0 Å². The fourth-order valence-corrected chi connectivity index (χ4v) is 1.67. The Bertz CT molecular complexity index is 235. The smallest absolute Gasteiger partial charge is 0.232 e. The predicted molar refractivity (Wildman–Crippen MR) is 54.9 cm³/mol. The highest BCUT2D eigenvalue weighted by molar-refractivity contribution is 6.18. The molecule has 0 saturated carbocycles. The zero-order valence-electron chi connectivity index (χ0n) is 8.79. The molecule has 0 N–H and O–H groups in total. The predicted octanol–water partition coefficient (Wildman–Crippen LogP) is 1.50. The van der Waals surface area contributed by atoms with E-state index >= 15 is 0 Å². The molecule has 3 nitrogen and oxygen atoms in total. The number of carbonyl (C=O) groups excluding carboxylic acids is 2. The fraction of sp³-hybridized carbons (Fsp3) is 0.800. The quantitative estimate of drug-likeness (QED) is 0.531. The number of halogens is 1. The van der Waals surface area contributed by atoms with E-state index in [1.54, 1.807) is 13.8 Å². The molecule has 1 aliphatic heterocycles. The van der Waals surface area contributed by atoms with Gasteiger partial charge in [-0.05, 0) is 5.92 Å². The third-order valence-electron chi connectivity index (χ3n) is 2.82. The van der Waals surface area contributed by atoms with Crippen molar-refractivity contribution in [3.63, 3.8) is 0 Å². The van der Waals surface area contributed by atoms with Crippen molar-refractivity contribution in [1.29, 1.82) is 0 Å². The van der Waals surface area contributed by atoms with Crippen molar-refractivity contribution >= 4 is 23.4 Å². The van der Waals surface area contributed by atoms with E-state index in [1.165, 1.54) is 4.90 Å². The molecule has 0 aromatic rings. The molecule has 1 rings (SSSR count). The first-order chi connectivity index (χ1) is 6.49. The summed E-state index contributed by atoms with van der Waals surface area (Å²) in [5, 5.41) is 0. The van der Waals surface area contributed by atoms with Crippen molar-refractivity contribution in [2.24, 2.45) is 17.8 Å². The minimum absolute atomic E-state index is 0.0560. The van der Waals surface area contributed by atoms with Crippen molar-refractivity contribution in [2.75, 3.05) is 12.4 Å². The van der Waals surface area contributed by atoms with Gasteiger partial charge in [0, 0.05) is 24.3 Å². The summed E-state index contributed by atoms with van der Waals surface area (Å²) in [6.45, 7) is 5.99. The van der Waals surface area contributed by atoms with E-state index in [9.17, 15) is 9.59 Å². The van der Waals surface area contributed by atoms with E-state index in [4.69, 9.17) is 11.6 Å². The van der Waals surface area contributed by atoms with Gasteiger partial charge in [-0.3, -0.25) is 14.5 Å². The van der Waals surface area contributed by atoms with Crippen LogP contribution in [0.3, 0.4) is 0 Å². The molecule has 80 valence electrons. The minimum Gasteiger partial charge on any atom is -0.282 e. The lowest BCUT2D eigenvalue weighted by molar-refractivity contribution is -0.140. The van der Waals surface area contributed by atoms with Crippen LogP contribution in [0.5, 0.6) is 0 Å². The molecule has 0 radical (unpaired) electrons. The lowest BCUT2D eigenvalue weighted by atomic mass is 10.00. The van der Waals surface area contributed by atoms with Crippen LogP contribution in [0.1, 0.15) is 20.8 Å². The molecule has 1 heterocycles. The van der Waals surface area contributed by atoms with E-state index in [-0.39, 0.29) is 29.6 Å². The molecule has 1 aliphatic rings.